The maximum Gasteiger partial charge on any atom is 0.270 e. The topological polar surface area (TPSA) is 92.1 Å². The number of nitrogens with zero attached hydrogens (tertiary/aromatic N) is 3. The summed E-state index contributed by atoms with van der Waals surface area (Å²) in [4.78, 5) is 34.2. The number of carbonyl (C=O) groups is 1. The molecular weight excluding hydrogens is 416 g/mol. The third kappa shape index (κ3) is 3.84. The Morgan fingerprint density at radius 2 is 1.97 bits per heavy atom. The lowest BCUT2D eigenvalue weighted by Gasteiger charge is -2.26. The first-order chi connectivity index (χ1) is 15.1. The van der Waals surface area contributed by atoms with Crippen molar-refractivity contribution in [2.75, 3.05) is 6.54 Å². The average Bonchev–Trinajstić information content (AvgIpc) is 3.21. The standard InChI is InChI=1S/C23H19ClN4O3/c24-15-7-5-14(6-8-15)22-16-13-28(12-11-17(16)27-31-22)21(29)10-9-20-23(30)26-19-4-2-1-3-18(19)25-20/h1-8H,9-13H2,(H,26,30). The number of benzene rings is 2. The van der Waals surface area contributed by atoms with Gasteiger partial charge in [-0.1, -0.05) is 28.9 Å². The van der Waals surface area contributed by atoms with E-state index in [1.165, 1.54) is 0 Å². The fraction of sp³-hybridized carbons (Fsp3) is 0.217. The van der Waals surface area contributed by atoms with Crippen LogP contribution in [0.4, 0.5) is 0 Å². The molecule has 2 aromatic carbocycles. The average molecular weight is 435 g/mol. The van der Waals surface area contributed by atoms with Gasteiger partial charge in [-0.25, -0.2) is 4.98 Å². The van der Waals surface area contributed by atoms with E-state index in [1.54, 1.807) is 23.1 Å². The molecule has 0 bridgehead atoms. The van der Waals surface area contributed by atoms with Gasteiger partial charge in [0, 0.05) is 42.0 Å². The number of para-hydroxylation sites is 2. The number of amides is 1. The summed E-state index contributed by atoms with van der Waals surface area (Å²) in [5, 5.41) is 4.83. The van der Waals surface area contributed by atoms with Crippen LogP contribution in [-0.2, 0) is 24.2 Å². The molecule has 0 spiro atoms. The van der Waals surface area contributed by atoms with Crippen LogP contribution >= 0.6 is 11.6 Å². The van der Waals surface area contributed by atoms with Crippen molar-refractivity contribution in [1.82, 2.24) is 20.0 Å². The minimum absolute atomic E-state index is 0.0248. The lowest BCUT2D eigenvalue weighted by atomic mass is 10.0. The molecule has 1 N–H and O–H groups in total. The molecule has 2 aromatic heterocycles. The van der Waals surface area contributed by atoms with Crippen LogP contribution in [0.15, 0.2) is 57.8 Å². The molecular formula is C23H19ClN4O3. The Labute approximate surface area is 182 Å². The molecule has 4 aromatic rings. The van der Waals surface area contributed by atoms with E-state index in [2.05, 4.69) is 15.1 Å². The molecule has 0 radical (unpaired) electrons. The summed E-state index contributed by atoms with van der Waals surface area (Å²) >= 11 is 5.98. The Morgan fingerprint density at radius 3 is 2.81 bits per heavy atom. The number of hydrogen-bond donors (Lipinski definition) is 1. The largest absolute Gasteiger partial charge is 0.356 e. The molecule has 31 heavy (non-hydrogen) atoms. The zero-order valence-electron chi connectivity index (χ0n) is 16.6. The SMILES string of the molecule is O=C(CCc1nc2ccccc2[nH]c1=O)N1CCc2noc(-c3ccc(Cl)cc3)c2C1. The normalized spacial score (nSPS) is 13.4. The van der Waals surface area contributed by atoms with Crippen LogP contribution in [0.25, 0.3) is 22.4 Å². The summed E-state index contributed by atoms with van der Waals surface area (Å²) in [5.74, 6) is 0.639. The van der Waals surface area contributed by atoms with Crippen molar-refractivity contribution in [2.45, 2.75) is 25.8 Å². The number of rotatable bonds is 4. The Bertz CT molecular complexity index is 1330. The quantitative estimate of drug-likeness (QED) is 0.528. The van der Waals surface area contributed by atoms with Crippen molar-refractivity contribution < 1.29 is 9.32 Å². The predicted molar refractivity (Wildman–Crippen MR) is 117 cm³/mol. The van der Waals surface area contributed by atoms with E-state index in [0.29, 0.717) is 47.0 Å². The number of aromatic amines is 1. The molecule has 0 saturated heterocycles. The van der Waals surface area contributed by atoms with E-state index >= 15 is 0 Å². The molecule has 0 fully saturated rings. The predicted octanol–water partition coefficient (Wildman–Crippen LogP) is 3.75. The molecule has 0 unspecified atom stereocenters. The monoisotopic (exact) mass is 434 g/mol. The van der Waals surface area contributed by atoms with E-state index in [4.69, 9.17) is 16.1 Å². The van der Waals surface area contributed by atoms with E-state index in [1.807, 2.05) is 30.3 Å². The number of aromatic nitrogens is 3. The minimum atomic E-state index is -0.253. The van der Waals surface area contributed by atoms with E-state index < -0.39 is 0 Å². The second kappa shape index (κ2) is 8.00. The minimum Gasteiger partial charge on any atom is -0.356 e. The molecule has 156 valence electrons. The molecule has 1 aliphatic rings. The fourth-order valence-corrected chi connectivity index (χ4v) is 4.00. The third-order valence-corrected chi connectivity index (χ3v) is 5.79. The van der Waals surface area contributed by atoms with Gasteiger partial charge in [0.2, 0.25) is 5.91 Å². The first kappa shape index (κ1) is 19.5. The summed E-state index contributed by atoms with van der Waals surface area (Å²) in [6.07, 6.45) is 1.13. The smallest absolute Gasteiger partial charge is 0.270 e. The zero-order chi connectivity index (χ0) is 21.4. The van der Waals surface area contributed by atoms with Crippen molar-refractivity contribution in [2.24, 2.45) is 0 Å². The van der Waals surface area contributed by atoms with E-state index in [9.17, 15) is 9.59 Å². The molecule has 1 amide bonds. The second-order valence-electron chi connectivity index (χ2n) is 7.54. The van der Waals surface area contributed by atoms with Crippen LogP contribution in [0.2, 0.25) is 5.02 Å². The van der Waals surface area contributed by atoms with Gasteiger partial charge in [0.05, 0.1) is 23.3 Å². The first-order valence-corrected chi connectivity index (χ1v) is 10.5. The van der Waals surface area contributed by atoms with Gasteiger partial charge in [-0.05, 0) is 36.4 Å². The number of H-pyrrole nitrogens is 1. The third-order valence-electron chi connectivity index (χ3n) is 5.54. The van der Waals surface area contributed by atoms with Crippen molar-refractivity contribution >= 4 is 28.5 Å². The maximum atomic E-state index is 12.9. The van der Waals surface area contributed by atoms with Crippen molar-refractivity contribution in [1.29, 1.82) is 0 Å². The molecule has 3 heterocycles. The molecule has 7 nitrogen and oxygen atoms in total. The number of hydrogen-bond acceptors (Lipinski definition) is 5. The maximum absolute atomic E-state index is 12.9. The van der Waals surface area contributed by atoms with Gasteiger partial charge in [-0.3, -0.25) is 9.59 Å². The Morgan fingerprint density at radius 1 is 1.16 bits per heavy atom. The van der Waals surface area contributed by atoms with Gasteiger partial charge in [-0.2, -0.15) is 0 Å². The molecule has 5 rings (SSSR count). The van der Waals surface area contributed by atoms with Gasteiger partial charge >= 0.3 is 0 Å². The van der Waals surface area contributed by atoms with E-state index in [0.717, 1.165) is 16.8 Å². The molecule has 1 aliphatic heterocycles. The molecule has 0 atom stereocenters. The summed E-state index contributed by atoms with van der Waals surface area (Å²) in [6.45, 7) is 0.997. The first-order valence-electron chi connectivity index (χ1n) is 10.1. The number of halogens is 1. The van der Waals surface area contributed by atoms with Crippen LogP contribution in [0.3, 0.4) is 0 Å². The van der Waals surface area contributed by atoms with Crippen LogP contribution in [0, 0.1) is 0 Å². The highest BCUT2D eigenvalue weighted by Gasteiger charge is 2.27. The fourth-order valence-electron chi connectivity index (χ4n) is 3.87. The Balaban J connectivity index is 1.31. The summed E-state index contributed by atoms with van der Waals surface area (Å²) in [6, 6.07) is 14.7. The van der Waals surface area contributed by atoms with E-state index in [-0.39, 0.29) is 24.3 Å². The highest BCUT2D eigenvalue weighted by atomic mass is 35.5. The van der Waals surface area contributed by atoms with Gasteiger partial charge in [0.25, 0.3) is 5.56 Å². The van der Waals surface area contributed by atoms with Crippen LogP contribution in [-0.4, -0.2) is 32.5 Å². The van der Waals surface area contributed by atoms with Crippen LogP contribution in [0.5, 0.6) is 0 Å². The van der Waals surface area contributed by atoms with Gasteiger partial charge in [-0.15, -0.1) is 0 Å². The van der Waals surface area contributed by atoms with Gasteiger partial charge < -0.3 is 14.4 Å². The molecule has 8 heteroatoms. The number of nitrogens with one attached hydrogen (secondary N) is 1. The number of carbonyl (C=O) groups excluding carboxylic acids is 1. The van der Waals surface area contributed by atoms with Crippen molar-refractivity contribution in [3.63, 3.8) is 0 Å². The lowest BCUT2D eigenvalue weighted by molar-refractivity contribution is -0.132. The van der Waals surface area contributed by atoms with Crippen molar-refractivity contribution in [3.8, 4) is 11.3 Å². The van der Waals surface area contributed by atoms with Gasteiger partial charge in [0.1, 0.15) is 5.69 Å². The summed E-state index contributed by atoms with van der Waals surface area (Å²) in [7, 11) is 0. The van der Waals surface area contributed by atoms with Crippen LogP contribution < -0.4 is 5.56 Å². The Hall–Kier alpha value is -3.45. The lowest BCUT2D eigenvalue weighted by Crippen LogP contribution is -2.36. The van der Waals surface area contributed by atoms with Gasteiger partial charge in [0.15, 0.2) is 5.76 Å². The number of aryl methyl sites for hydroxylation is 1. The molecule has 0 saturated carbocycles. The Kier molecular flexibility index (Phi) is 5.03. The summed E-state index contributed by atoms with van der Waals surface area (Å²) in [5.41, 5.74) is 4.19. The highest BCUT2D eigenvalue weighted by Crippen LogP contribution is 2.31. The second-order valence-corrected chi connectivity index (χ2v) is 7.98. The number of fused-ring (bicyclic) bond motifs is 2. The van der Waals surface area contributed by atoms with Crippen LogP contribution in [0.1, 0.15) is 23.4 Å². The summed E-state index contributed by atoms with van der Waals surface area (Å²) < 4.78 is 5.57. The highest BCUT2D eigenvalue weighted by molar-refractivity contribution is 6.30. The zero-order valence-corrected chi connectivity index (χ0v) is 17.4. The van der Waals surface area contributed by atoms with Crippen molar-refractivity contribution in [3.05, 3.63) is 80.9 Å². The molecule has 0 aliphatic carbocycles.